The molecule has 0 bridgehead atoms. The van der Waals surface area contributed by atoms with Crippen LogP contribution in [0.25, 0.3) is 0 Å². The van der Waals surface area contributed by atoms with Crippen molar-refractivity contribution in [2.75, 3.05) is 7.11 Å². The van der Waals surface area contributed by atoms with Gasteiger partial charge >= 0.3 is 0 Å². The molecule has 0 fully saturated rings. The van der Waals surface area contributed by atoms with Crippen LogP contribution in [-0.4, -0.2) is 18.8 Å². The van der Waals surface area contributed by atoms with Gasteiger partial charge in [0.15, 0.2) is 5.90 Å². The van der Waals surface area contributed by atoms with Gasteiger partial charge in [-0.25, -0.2) is 0 Å². The fraction of sp³-hybridized carbons (Fsp3) is 0.778. The van der Waals surface area contributed by atoms with Crippen molar-refractivity contribution in [3.05, 3.63) is 0 Å². The van der Waals surface area contributed by atoms with E-state index in [2.05, 4.69) is 0 Å². The van der Waals surface area contributed by atoms with Crippen LogP contribution in [0, 0.1) is 10.8 Å². The molecule has 0 aliphatic heterocycles. The predicted octanol–water partition coefficient (Wildman–Crippen LogP) is 1.89. The first-order valence-electron chi connectivity index (χ1n) is 4.61. The van der Waals surface area contributed by atoms with Crippen LogP contribution in [0.1, 0.15) is 38.5 Å². The normalized spacial score (nSPS) is 9.62. The third kappa shape index (κ3) is 8.85. The van der Waals surface area contributed by atoms with E-state index >= 15 is 0 Å². The minimum atomic E-state index is 0.268. The van der Waals surface area contributed by atoms with E-state index in [1.165, 1.54) is 7.11 Å². The number of rotatable bonds is 7. The quantitative estimate of drug-likeness (QED) is 0.321. The molecular weight excluding hydrogens is 166 g/mol. The van der Waals surface area contributed by atoms with Crippen LogP contribution in [0.5, 0.6) is 0 Å². The summed E-state index contributed by atoms with van der Waals surface area (Å²) in [7, 11) is 1.53. The van der Waals surface area contributed by atoms with E-state index in [0.717, 1.165) is 32.1 Å². The summed E-state index contributed by atoms with van der Waals surface area (Å²) in [5.41, 5.74) is 5.21. The van der Waals surface area contributed by atoms with E-state index in [4.69, 9.17) is 21.3 Å². The summed E-state index contributed by atoms with van der Waals surface area (Å²) in [6, 6.07) is 0. The zero-order valence-electron chi connectivity index (χ0n) is 8.23. The van der Waals surface area contributed by atoms with E-state index in [0.29, 0.717) is 12.3 Å². The Labute approximate surface area is 79.5 Å². The number of nitrogens with two attached hydrogens (primary N) is 1. The molecule has 0 unspecified atom stereocenters. The predicted molar refractivity (Wildman–Crippen MR) is 54.4 cm³/mol. The van der Waals surface area contributed by atoms with Gasteiger partial charge in [-0.2, -0.15) is 0 Å². The molecule has 0 aliphatic carbocycles. The summed E-state index contributed by atoms with van der Waals surface area (Å²) >= 11 is 0. The first-order chi connectivity index (χ1) is 6.16. The molecule has 0 atom stereocenters. The molecule has 0 saturated heterocycles. The SMILES string of the molecule is COC(=N)CCCCCCC(=N)N. The molecule has 0 saturated carbocycles. The molecule has 0 heterocycles. The van der Waals surface area contributed by atoms with Gasteiger partial charge in [-0.15, -0.1) is 0 Å². The van der Waals surface area contributed by atoms with Gasteiger partial charge in [-0.1, -0.05) is 12.8 Å². The summed E-state index contributed by atoms with van der Waals surface area (Å²) in [4.78, 5) is 0. The first-order valence-corrected chi connectivity index (χ1v) is 4.61. The molecule has 4 nitrogen and oxygen atoms in total. The molecule has 0 radical (unpaired) electrons. The first kappa shape index (κ1) is 11.9. The van der Waals surface area contributed by atoms with E-state index in [1.807, 2.05) is 0 Å². The molecule has 4 heteroatoms. The van der Waals surface area contributed by atoms with Gasteiger partial charge in [-0.3, -0.25) is 10.8 Å². The van der Waals surface area contributed by atoms with Crippen molar-refractivity contribution in [3.63, 3.8) is 0 Å². The minimum Gasteiger partial charge on any atom is -0.484 e. The van der Waals surface area contributed by atoms with Gasteiger partial charge in [-0.05, 0) is 12.8 Å². The maximum absolute atomic E-state index is 7.21. The molecule has 0 rings (SSSR count). The molecule has 76 valence electrons. The molecule has 4 N–H and O–H groups in total. The highest BCUT2D eigenvalue weighted by molar-refractivity contribution is 5.76. The molecule has 0 aromatic heterocycles. The number of nitrogens with one attached hydrogen (secondary N) is 2. The Morgan fingerprint density at radius 3 is 2.08 bits per heavy atom. The molecule has 0 aliphatic rings. The lowest BCUT2D eigenvalue weighted by molar-refractivity contribution is 0.383. The number of ether oxygens (including phenoxy) is 1. The monoisotopic (exact) mass is 185 g/mol. The average molecular weight is 185 g/mol. The van der Waals surface area contributed by atoms with E-state index in [1.54, 1.807) is 0 Å². The third-order valence-electron chi connectivity index (χ3n) is 1.85. The lowest BCUT2D eigenvalue weighted by Gasteiger charge is -2.01. The molecule has 0 aromatic rings. The Bertz CT molecular complexity index is 168. The highest BCUT2D eigenvalue weighted by Crippen LogP contribution is 2.05. The molecule has 0 spiro atoms. The maximum Gasteiger partial charge on any atom is 0.180 e. The van der Waals surface area contributed by atoms with Crippen LogP contribution >= 0.6 is 0 Å². The Balaban J connectivity index is 3.08. The van der Waals surface area contributed by atoms with Crippen LogP contribution in [-0.2, 0) is 4.74 Å². The van der Waals surface area contributed by atoms with E-state index in [9.17, 15) is 0 Å². The van der Waals surface area contributed by atoms with Gasteiger partial charge in [0.1, 0.15) is 0 Å². The van der Waals surface area contributed by atoms with Crippen LogP contribution < -0.4 is 5.73 Å². The zero-order valence-corrected chi connectivity index (χ0v) is 8.23. The van der Waals surface area contributed by atoms with Gasteiger partial charge in [0, 0.05) is 12.8 Å². The molecule has 0 aromatic carbocycles. The van der Waals surface area contributed by atoms with Crippen LogP contribution in [0.2, 0.25) is 0 Å². The fourth-order valence-electron chi connectivity index (χ4n) is 1.06. The lowest BCUT2D eigenvalue weighted by Crippen LogP contribution is -2.08. The summed E-state index contributed by atoms with van der Waals surface area (Å²) in [6.07, 6.45) is 5.55. The van der Waals surface area contributed by atoms with Crippen molar-refractivity contribution >= 4 is 11.7 Å². The van der Waals surface area contributed by atoms with Crippen molar-refractivity contribution < 1.29 is 4.74 Å². The summed E-state index contributed by atoms with van der Waals surface area (Å²) in [6.45, 7) is 0. The number of hydrogen-bond acceptors (Lipinski definition) is 3. The fourth-order valence-corrected chi connectivity index (χ4v) is 1.06. The largest absolute Gasteiger partial charge is 0.484 e. The molecule has 0 amide bonds. The van der Waals surface area contributed by atoms with Crippen LogP contribution in [0.3, 0.4) is 0 Å². The smallest absolute Gasteiger partial charge is 0.180 e. The van der Waals surface area contributed by atoms with E-state index in [-0.39, 0.29) is 5.84 Å². The topological polar surface area (TPSA) is 83.0 Å². The maximum atomic E-state index is 7.21. The van der Waals surface area contributed by atoms with Crippen molar-refractivity contribution in [2.24, 2.45) is 5.73 Å². The highest BCUT2D eigenvalue weighted by atomic mass is 16.5. The molecular formula is C9H19N3O. The van der Waals surface area contributed by atoms with Crippen molar-refractivity contribution in [2.45, 2.75) is 38.5 Å². The van der Waals surface area contributed by atoms with Gasteiger partial charge in [0.2, 0.25) is 0 Å². The molecule has 13 heavy (non-hydrogen) atoms. The van der Waals surface area contributed by atoms with Gasteiger partial charge in [0.05, 0.1) is 12.9 Å². The Hall–Kier alpha value is -1.06. The second kappa shape index (κ2) is 7.58. The summed E-state index contributed by atoms with van der Waals surface area (Å²) in [5.74, 6) is 0.621. The third-order valence-corrected chi connectivity index (χ3v) is 1.85. The van der Waals surface area contributed by atoms with Crippen LogP contribution in [0.4, 0.5) is 0 Å². The Morgan fingerprint density at radius 1 is 1.08 bits per heavy atom. The van der Waals surface area contributed by atoms with Crippen molar-refractivity contribution in [3.8, 4) is 0 Å². The second-order valence-electron chi connectivity index (χ2n) is 3.07. The standard InChI is InChI=1S/C9H19N3O/c1-13-9(12)7-5-3-2-4-6-8(10)11/h12H,2-7H2,1H3,(H3,10,11). The highest BCUT2D eigenvalue weighted by Gasteiger charge is 1.95. The van der Waals surface area contributed by atoms with Crippen molar-refractivity contribution in [1.29, 1.82) is 10.8 Å². The van der Waals surface area contributed by atoms with E-state index < -0.39 is 0 Å². The zero-order chi connectivity index (χ0) is 10.1. The Kier molecular flexibility index (Phi) is 6.96. The number of methoxy groups -OCH3 is 1. The minimum absolute atomic E-state index is 0.268. The van der Waals surface area contributed by atoms with Gasteiger partial charge < -0.3 is 10.5 Å². The van der Waals surface area contributed by atoms with Crippen LogP contribution in [0.15, 0.2) is 0 Å². The second-order valence-corrected chi connectivity index (χ2v) is 3.07. The number of unbranched alkanes of at least 4 members (excludes halogenated alkanes) is 3. The summed E-state index contributed by atoms with van der Waals surface area (Å²) in [5, 5.41) is 14.2. The number of hydrogen-bond donors (Lipinski definition) is 3. The number of amidine groups is 1. The lowest BCUT2D eigenvalue weighted by atomic mass is 10.1. The average Bonchev–Trinajstić information content (AvgIpc) is 2.10. The summed E-state index contributed by atoms with van der Waals surface area (Å²) < 4.78 is 4.72. The van der Waals surface area contributed by atoms with Crippen molar-refractivity contribution in [1.82, 2.24) is 0 Å². The Morgan fingerprint density at radius 2 is 1.62 bits per heavy atom. The van der Waals surface area contributed by atoms with Gasteiger partial charge in [0.25, 0.3) is 0 Å².